The van der Waals surface area contributed by atoms with Crippen LogP contribution in [0.25, 0.3) is 0 Å². The summed E-state index contributed by atoms with van der Waals surface area (Å²) in [7, 11) is 0. The van der Waals surface area contributed by atoms with E-state index in [0.29, 0.717) is 42.6 Å². The van der Waals surface area contributed by atoms with Crippen molar-refractivity contribution in [1.29, 1.82) is 0 Å². The maximum atomic E-state index is 12.1. The summed E-state index contributed by atoms with van der Waals surface area (Å²) in [6.07, 6.45) is 1.08. The summed E-state index contributed by atoms with van der Waals surface area (Å²) in [4.78, 5) is 13.2. The lowest BCUT2D eigenvalue weighted by Gasteiger charge is -2.19. The monoisotopic (exact) mass is 404 g/mol. The van der Waals surface area contributed by atoms with Gasteiger partial charge in [-0.15, -0.1) is 11.8 Å². The maximum absolute atomic E-state index is 12.1. The Morgan fingerprint density at radius 3 is 2.63 bits per heavy atom. The molecule has 27 heavy (non-hydrogen) atoms. The Labute approximate surface area is 168 Å². The predicted octanol–water partition coefficient (Wildman–Crippen LogP) is 4.52. The van der Waals surface area contributed by atoms with E-state index in [2.05, 4.69) is 10.5 Å². The summed E-state index contributed by atoms with van der Waals surface area (Å²) in [5.74, 6) is 2.02. The van der Waals surface area contributed by atoms with Gasteiger partial charge in [0.25, 0.3) is 0 Å². The van der Waals surface area contributed by atoms with Gasteiger partial charge in [0.15, 0.2) is 11.5 Å². The van der Waals surface area contributed by atoms with Crippen molar-refractivity contribution in [2.24, 2.45) is 5.10 Å². The van der Waals surface area contributed by atoms with Crippen molar-refractivity contribution in [3.05, 3.63) is 53.1 Å². The fourth-order valence-corrected chi connectivity index (χ4v) is 3.53. The number of halogens is 1. The molecule has 2 aromatic rings. The zero-order valence-corrected chi connectivity index (χ0v) is 16.6. The van der Waals surface area contributed by atoms with Crippen LogP contribution in [0.3, 0.4) is 0 Å². The third-order valence-electron chi connectivity index (χ3n) is 3.94. The molecule has 0 radical (unpaired) electrons. The number of hydrogen-bond acceptors (Lipinski definition) is 5. The van der Waals surface area contributed by atoms with Crippen LogP contribution >= 0.6 is 23.4 Å². The van der Waals surface area contributed by atoms with Crippen LogP contribution in [0.1, 0.15) is 25.3 Å². The lowest BCUT2D eigenvalue weighted by Crippen LogP contribution is -2.20. The molecule has 1 N–H and O–H groups in total. The quantitative estimate of drug-likeness (QED) is 0.418. The van der Waals surface area contributed by atoms with Gasteiger partial charge in [0.1, 0.15) is 13.2 Å². The van der Waals surface area contributed by atoms with Crippen molar-refractivity contribution in [3.8, 4) is 11.5 Å². The highest BCUT2D eigenvalue weighted by Crippen LogP contribution is 2.31. The van der Waals surface area contributed by atoms with Crippen molar-refractivity contribution in [1.82, 2.24) is 5.43 Å². The number of hydrazone groups is 1. The third-order valence-corrected chi connectivity index (χ3v) is 5.20. The molecule has 0 saturated heterocycles. The molecule has 1 amide bonds. The van der Waals surface area contributed by atoms with E-state index in [-0.39, 0.29) is 5.91 Å². The van der Waals surface area contributed by atoms with Gasteiger partial charge in [-0.25, -0.2) is 5.43 Å². The van der Waals surface area contributed by atoms with Gasteiger partial charge in [-0.2, -0.15) is 5.10 Å². The third kappa shape index (κ3) is 5.65. The number of nitrogens with one attached hydrogen (secondary N) is 1. The van der Waals surface area contributed by atoms with Gasteiger partial charge in [-0.1, -0.05) is 18.5 Å². The molecule has 142 valence electrons. The largest absolute Gasteiger partial charge is 0.486 e. The van der Waals surface area contributed by atoms with Crippen molar-refractivity contribution in [2.75, 3.05) is 19.0 Å². The van der Waals surface area contributed by atoms with Crippen molar-refractivity contribution in [2.45, 2.75) is 24.7 Å². The fraction of sp³-hybridized carbons (Fsp3) is 0.300. The molecule has 0 unspecified atom stereocenters. The van der Waals surface area contributed by atoms with E-state index in [9.17, 15) is 4.79 Å². The van der Waals surface area contributed by atoms with Crippen LogP contribution in [0.4, 0.5) is 0 Å². The van der Waals surface area contributed by atoms with E-state index in [4.69, 9.17) is 21.1 Å². The van der Waals surface area contributed by atoms with Crippen molar-refractivity contribution in [3.63, 3.8) is 0 Å². The fourth-order valence-electron chi connectivity index (χ4n) is 2.55. The number of nitrogens with zero attached hydrogens (tertiary/aromatic N) is 1. The summed E-state index contributed by atoms with van der Waals surface area (Å²) in [6.45, 7) is 3.10. The summed E-state index contributed by atoms with van der Waals surface area (Å²) in [5, 5.41) is 5.00. The van der Waals surface area contributed by atoms with Crippen molar-refractivity contribution >= 4 is 35.0 Å². The van der Waals surface area contributed by atoms with E-state index in [1.54, 1.807) is 11.8 Å². The van der Waals surface area contributed by atoms with Crippen LogP contribution < -0.4 is 14.9 Å². The van der Waals surface area contributed by atoms with Gasteiger partial charge in [0.2, 0.25) is 5.91 Å². The first-order chi connectivity index (χ1) is 13.2. The topological polar surface area (TPSA) is 59.9 Å². The Hall–Kier alpha value is -2.18. The Morgan fingerprint density at radius 2 is 1.89 bits per heavy atom. The standard InChI is InChI=1S/C20H21ClN2O3S/c1-2-17(14-3-8-18-19(13-14)26-11-10-25-18)22-23-20(24)9-12-27-16-6-4-15(21)5-7-16/h3-8,13H,2,9-12H2,1H3,(H,23,24)/b22-17-. The number of carbonyl (C=O) groups is 1. The molecular formula is C20H21ClN2O3S. The first-order valence-corrected chi connectivity index (χ1v) is 10.2. The van der Waals surface area contributed by atoms with Gasteiger partial charge < -0.3 is 9.47 Å². The van der Waals surface area contributed by atoms with Crippen LogP contribution in [-0.4, -0.2) is 30.6 Å². The average Bonchev–Trinajstić information content (AvgIpc) is 2.70. The highest BCUT2D eigenvalue weighted by Gasteiger charge is 2.13. The number of benzene rings is 2. The second kappa shape index (κ2) is 9.67. The summed E-state index contributed by atoms with van der Waals surface area (Å²) in [6, 6.07) is 13.3. The van der Waals surface area contributed by atoms with Gasteiger partial charge in [0, 0.05) is 27.7 Å². The Bertz CT molecular complexity index is 824. The zero-order valence-electron chi connectivity index (χ0n) is 15.0. The molecule has 0 bridgehead atoms. The molecule has 0 fully saturated rings. The number of fused-ring (bicyclic) bond motifs is 1. The molecule has 0 aliphatic carbocycles. The van der Waals surface area contributed by atoms with Crippen LogP contribution in [0.2, 0.25) is 5.02 Å². The Morgan fingerprint density at radius 1 is 1.15 bits per heavy atom. The smallest absolute Gasteiger partial charge is 0.240 e. The minimum absolute atomic E-state index is 0.111. The van der Waals surface area contributed by atoms with Crippen LogP contribution in [-0.2, 0) is 4.79 Å². The van der Waals surface area contributed by atoms with E-state index < -0.39 is 0 Å². The number of carbonyl (C=O) groups excluding carboxylic acids is 1. The zero-order chi connectivity index (χ0) is 19.1. The lowest BCUT2D eigenvalue weighted by molar-refractivity contribution is -0.120. The molecule has 1 aliphatic heterocycles. The van der Waals surface area contributed by atoms with Gasteiger partial charge in [-0.05, 0) is 48.9 Å². The van der Waals surface area contributed by atoms with Gasteiger partial charge in [0.05, 0.1) is 5.71 Å². The van der Waals surface area contributed by atoms with Crippen molar-refractivity contribution < 1.29 is 14.3 Å². The number of ether oxygens (including phenoxy) is 2. The van der Waals surface area contributed by atoms with Crippen LogP contribution in [0, 0.1) is 0 Å². The number of rotatable bonds is 7. The molecule has 0 spiro atoms. The number of thioether (sulfide) groups is 1. The number of hydrogen-bond donors (Lipinski definition) is 1. The summed E-state index contributed by atoms with van der Waals surface area (Å²) in [5.41, 5.74) is 4.36. The van der Waals surface area contributed by atoms with Gasteiger partial charge >= 0.3 is 0 Å². The van der Waals surface area contributed by atoms with E-state index in [1.165, 1.54) is 0 Å². The Kier molecular flexibility index (Phi) is 7.01. The van der Waals surface area contributed by atoms with Crippen LogP contribution in [0.15, 0.2) is 52.5 Å². The lowest BCUT2D eigenvalue weighted by atomic mass is 10.1. The molecular weight excluding hydrogens is 384 g/mol. The molecule has 0 atom stereocenters. The molecule has 0 aromatic heterocycles. The molecule has 2 aromatic carbocycles. The minimum atomic E-state index is -0.111. The first kappa shape index (κ1) is 19.6. The molecule has 3 rings (SSSR count). The second-order valence-electron chi connectivity index (χ2n) is 5.86. The van der Waals surface area contributed by atoms with E-state index in [1.807, 2.05) is 49.4 Å². The Balaban J connectivity index is 1.53. The normalized spacial score (nSPS) is 13.3. The molecule has 0 saturated carbocycles. The predicted molar refractivity (Wildman–Crippen MR) is 109 cm³/mol. The van der Waals surface area contributed by atoms with E-state index >= 15 is 0 Å². The molecule has 7 heteroatoms. The van der Waals surface area contributed by atoms with E-state index in [0.717, 1.165) is 21.9 Å². The average molecular weight is 405 g/mol. The summed E-state index contributed by atoms with van der Waals surface area (Å²) >= 11 is 7.48. The molecule has 5 nitrogen and oxygen atoms in total. The number of amides is 1. The first-order valence-electron chi connectivity index (χ1n) is 8.79. The highest BCUT2D eigenvalue weighted by molar-refractivity contribution is 7.99. The summed E-state index contributed by atoms with van der Waals surface area (Å²) < 4.78 is 11.1. The van der Waals surface area contributed by atoms with Gasteiger partial charge in [-0.3, -0.25) is 4.79 Å². The SMILES string of the molecule is CC/C(=N/NC(=O)CCSc1ccc(Cl)cc1)c1ccc2c(c1)OCCO2. The molecule has 1 heterocycles. The molecule has 1 aliphatic rings. The highest BCUT2D eigenvalue weighted by atomic mass is 35.5. The minimum Gasteiger partial charge on any atom is -0.486 e. The maximum Gasteiger partial charge on any atom is 0.240 e. The van der Waals surface area contributed by atoms with Crippen LogP contribution in [0.5, 0.6) is 11.5 Å². The second-order valence-corrected chi connectivity index (χ2v) is 7.46.